The number of hydrogen-bond donors (Lipinski definition) is 1. The molecule has 0 fully saturated rings. The van der Waals surface area contributed by atoms with E-state index < -0.39 is 0 Å². The molecule has 0 saturated carbocycles. The van der Waals surface area contributed by atoms with Gasteiger partial charge in [0.1, 0.15) is 11.2 Å². The third-order valence-electron chi connectivity index (χ3n) is 2.59. The van der Waals surface area contributed by atoms with Crippen molar-refractivity contribution in [2.75, 3.05) is 6.54 Å². The second kappa shape index (κ2) is 4.55. The van der Waals surface area contributed by atoms with E-state index in [1.807, 2.05) is 29.0 Å². The zero-order chi connectivity index (χ0) is 12.5. The van der Waals surface area contributed by atoms with Gasteiger partial charge in [0.05, 0.1) is 6.33 Å². The lowest BCUT2D eigenvalue weighted by Gasteiger charge is -1.94. The Kier molecular flexibility index (Phi) is 2.89. The summed E-state index contributed by atoms with van der Waals surface area (Å²) in [5.41, 5.74) is 7.78. The second-order valence-corrected chi connectivity index (χ2v) is 4.83. The first-order valence-corrected chi connectivity index (χ1v) is 6.34. The molecule has 2 N–H and O–H groups in total. The number of halogens is 1. The van der Waals surface area contributed by atoms with Gasteiger partial charge in [-0.25, -0.2) is 9.97 Å². The van der Waals surface area contributed by atoms with Crippen LogP contribution in [0.2, 0.25) is 0 Å². The topological polar surface area (TPSA) is 69.9 Å². The Labute approximate surface area is 112 Å². The number of nitrogens with zero attached hydrogens (tertiary/aromatic N) is 3. The van der Waals surface area contributed by atoms with Crippen molar-refractivity contribution >= 4 is 27.0 Å². The maximum atomic E-state index is 5.66. The number of fused-ring (bicyclic) bond motifs is 1. The smallest absolute Gasteiger partial charge is 0.247 e. The molecule has 6 heteroatoms. The number of benzene rings is 1. The minimum atomic E-state index is 0.527. The number of nitrogens with two attached hydrogens (primary N) is 1. The number of rotatable bonds is 3. The average Bonchev–Trinajstić information content (AvgIpc) is 2.94. The molecule has 3 aromatic rings. The average molecular weight is 307 g/mol. The number of aromatic nitrogens is 3. The second-order valence-electron chi connectivity index (χ2n) is 3.92. The quantitative estimate of drug-likeness (QED) is 0.806. The molecule has 3 rings (SSSR count). The molecule has 92 valence electrons. The fourth-order valence-corrected chi connectivity index (χ4v) is 2.10. The molecule has 5 nitrogen and oxygen atoms in total. The predicted molar refractivity (Wildman–Crippen MR) is 72.0 cm³/mol. The van der Waals surface area contributed by atoms with E-state index in [0.29, 0.717) is 12.4 Å². The minimum absolute atomic E-state index is 0.527. The highest BCUT2D eigenvalue weighted by atomic mass is 79.9. The van der Waals surface area contributed by atoms with Crippen molar-refractivity contribution in [1.82, 2.24) is 14.5 Å². The first kappa shape index (κ1) is 11.4. The molecule has 0 aliphatic heterocycles. The predicted octanol–water partition coefficient (Wildman–Crippen LogP) is 2.41. The Morgan fingerprint density at radius 2 is 2.28 bits per heavy atom. The molecule has 0 bridgehead atoms. The maximum Gasteiger partial charge on any atom is 0.247 e. The van der Waals surface area contributed by atoms with E-state index in [4.69, 9.17) is 10.2 Å². The Hall–Kier alpha value is -1.66. The number of hydrogen-bond acceptors (Lipinski definition) is 4. The van der Waals surface area contributed by atoms with Gasteiger partial charge in [-0.3, -0.25) is 0 Å². The third kappa shape index (κ3) is 2.04. The summed E-state index contributed by atoms with van der Waals surface area (Å²) in [6, 6.07) is 5.72. The monoisotopic (exact) mass is 306 g/mol. The first-order chi connectivity index (χ1) is 8.76. The lowest BCUT2D eigenvalue weighted by molar-refractivity contribution is 0.617. The SMILES string of the molecule is NCCn1cnc(-c2nc3cc(Br)ccc3o2)c1. The van der Waals surface area contributed by atoms with Crippen molar-refractivity contribution < 1.29 is 4.42 Å². The summed E-state index contributed by atoms with van der Waals surface area (Å²) >= 11 is 3.41. The molecular formula is C12H11BrN4O. The zero-order valence-corrected chi connectivity index (χ0v) is 11.1. The lowest BCUT2D eigenvalue weighted by Crippen LogP contribution is -2.07. The van der Waals surface area contributed by atoms with Crippen molar-refractivity contribution in [3.05, 3.63) is 35.2 Å². The Morgan fingerprint density at radius 3 is 3.11 bits per heavy atom. The van der Waals surface area contributed by atoms with E-state index in [1.54, 1.807) is 6.33 Å². The van der Waals surface area contributed by atoms with Crippen LogP contribution in [-0.4, -0.2) is 21.1 Å². The molecular weight excluding hydrogens is 296 g/mol. The fourth-order valence-electron chi connectivity index (χ4n) is 1.75. The van der Waals surface area contributed by atoms with Crippen molar-refractivity contribution in [2.45, 2.75) is 6.54 Å². The number of oxazole rings is 1. The Morgan fingerprint density at radius 1 is 1.39 bits per heavy atom. The van der Waals surface area contributed by atoms with Crippen LogP contribution >= 0.6 is 15.9 Å². The summed E-state index contributed by atoms with van der Waals surface area (Å²) in [6.45, 7) is 1.31. The van der Waals surface area contributed by atoms with Crippen LogP contribution in [0.25, 0.3) is 22.7 Å². The van der Waals surface area contributed by atoms with Crippen LogP contribution in [0, 0.1) is 0 Å². The lowest BCUT2D eigenvalue weighted by atomic mass is 10.3. The van der Waals surface area contributed by atoms with Gasteiger partial charge in [0.25, 0.3) is 0 Å². The summed E-state index contributed by atoms with van der Waals surface area (Å²) in [4.78, 5) is 8.68. The molecule has 0 radical (unpaired) electrons. The highest BCUT2D eigenvalue weighted by Gasteiger charge is 2.10. The van der Waals surface area contributed by atoms with Gasteiger partial charge < -0.3 is 14.7 Å². The van der Waals surface area contributed by atoms with Gasteiger partial charge in [0.2, 0.25) is 5.89 Å². The van der Waals surface area contributed by atoms with Crippen LogP contribution in [0.5, 0.6) is 0 Å². The highest BCUT2D eigenvalue weighted by Crippen LogP contribution is 2.25. The summed E-state index contributed by atoms with van der Waals surface area (Å²) < 4.78 is 8.55. The highest BCUT2D eigenvalue weighted by molar-refractivity contribution is 9.10. The molecule has 0 aliphatic rings. The van der Waals surface area contributed by atoms with E-state index in [2.05, 4.69) is 25.9 Å². The van der Waals surface area contributed by atoms with Crippen LogP contribution in [0.4, 0.5) is 0 Å². The van der Waals surface area contributed by atoms with E-state index in [-0.39, 0.29) is 0 Å². The van der Waals surface area contributed by atoms with Crippen molar-refractivity contribution in [2.24, 2.45) is 5.73 Å². The van der Waals surface area contributed by atoms with Crippen LogP contribution in [0.1, 0.15) is 0 Å². The van der Waals surface area contributed by atoms with Gasteiger partial charge in [0.15, 0.2) is 5.58 Å². The van der Waals surface area contributed by atoms with E-state index in [0.717, 1.165) is 27.8 Å². The largest absolute Gasteiger partial charge is 0.435 e. The van der Waals surface area contributed by atoms with E-state index in [9.17, 15) is 0 Å². The molecule has 0 aliphatic carbocycles. The Bertz CT molecular complexity index is 688. The van der Waals surface area contributed by atoms with Crippen molar-refractivity contribution in [3.63, 3.8) is 0 Å². The normalized spacial score (nSPS) is 11.2. The van der Waals surface area contributed by atoms with Gasteiger partial charge in [-0.1, -0.05) is 15.9 Å². The van der Waals surface area contributed by atoms with E-state index >= 15 is 0 Å². The molecule has 0 atom stereocenters. The first-order valence-electron chi connectivity index (χ1n) is 5.54. The Balaban J connectivity index is 2.02. The van der Waals surface area contributed by atoms with Gasteiger partial charge in [-0.15, -0.1) is 0 Å². The minimum Gasteiger partial charge on any atom is -0.435 e. The molecule has 0 unspecified atom stereocenters. The van der Waals surface area contributed by atoms with Crippen LogP contribution in [0.3, 0.4) is 0 Å². The van der Waals surface area contributed by atoms with Crippen molar-refractivity contribution in [3.8, 4) is 11.6 Å². The molecule has 2 aromatic heterocycles. The van der Waals surface area contributed by atoms with Gasteiger partial charge in [-0.2, -0.15) is 0 Å². The zero-order valence-electron chi connectivity index (χ0n) is 9.51. The fraction of sp³-hybridized carbons (Fsp3) is 0.167. The maximum absolute atomic E-state index is 5.66. The third-order valence-corrected chi connectivity index (χ3v) is 3.08. The molecule has 0 spiro atoms. The summed E-state index contributed by atoms with van der Waals surface area (Å²) in [7, 11) is 0. The van der Waals surface area contributed by atoms with Gasteiger partial charge >= 0.3 is 0 Å². The molecule has 1 aromatic carbocycles. The summed E-state index contributed by atoms with van der Waals surface area (Å²) in [6.07, 6.45) is 3.61. The van der Waals surface area contributed by atoms with E-state index in [1.165, 1.54) is 0 Å². The standard InChI is InChI=1S/C12H11BrN4O/c13-8-1-2-11-9(5-8)16-12(18-11)10-6-17(4-3-14)7-15-10/h1-2,5-7H,3-4,14H2. The molecule has 2 heterocycles. The van der Waals surface area contributed by atoms with Crippen LogP contribution < -0.4 is 5.73 Å². The molecule has 0 amide bonds. The van der Waals surface area contributed by atoms with Gasteiger partial charge in [0, 0.05) is 23.8 Å². The molecule has 0 saturated heterocycles. The van der Waals surface area contributed by atoms with Crippen LogP contribution in [0.15, 0.2) is 39.6 Å². The van der Waals surface area contributed by atoms with Gasteiger partial charge in [-0.05, 0) is 18.2 Å². The summed E-state index contributed by atoms with van der Waals surface area (Å²) in [5, 5.41) is 0. The number of imidazole rings is 1. The van der Waals surface area contributed by atoms with Crippen LogP contribution in [-0.2, 0) is 6.54 Å². The molecule has 18 heavy (non-hydrogen) atoms. The summed E-state index contributed by atoms with van der Waals surface area (Å²) in [5.74, 6) is 0.527. The van der Waals surface area contributed by atoms with Crippen molar-refractivity contribution in [1.29, 1.82) is 0 Å².